The number of rotatable bonds is 9. The Morgan fingerprint density at radius 2 is 2.09 bits per heavy atom. The lowest BCUT2D eigenvalue weighted by Gasteiger charge is -2.25. The second kappa shape index (κ2) is 9.30. The number of nitrogens with zero attached hydrogens (tertiary/aromatic N) is 3. The maximum atomic E-state index is 12.5. The van der Waals surface area contributed by atoms with Gasteiger partial charge in [0.05, 0.1) is 6.10 Å². The SMILES string of the molecule is NC(N)=NCCC[C@H](CSN=O)C(=O)N1CC(O)C[C@H]1C(=O)O. The van der Waals surface area contributed by atoms with Gasteiger partial charge >= 0.3 is 5.97 Å². The topological polar surface area (TPSA) is 172 Å². The van der Waals surface area contributed by atoms with E-state index in [4.69, 9.17) is 16.6 Å². The zero-order chi connectivity index (χ0) is 17.4. The first-order chi connectivity index (χ1) is 10.9. The van der Waals surface area contributed by atoms with Crippen molar-refractivity contribution >= 4 is 29.8 Å². The van der Waals surface area contributed by atoms with Crippen LogP contribution in [0.5, 0.6) is 0 Å². The van der Waals surface area contributed by atoms with Crippen molar-refractivity contribution in [2.75, 3.05) is 18.8 Å². The number of nitroso groups, excluding NO2 is 1. The number of guanidine groups is 1. The molecule has 0 saturated carbocycles. The van der Waals surface area contributed by atoms with Crippen molar-refractivity contribution < 1.29 is 19.8 Å². The van der Waals surface area contributed by atoms with Crippen LogP contribution in [0, 0.1) is 10.8 Å². The van der Waals surface area contributed by atoms with Gasteiger partial charge in [0.25, 0.3) is 0 Å². The molecule has 130 valence electrons. The molecule has 1 unspecified atom stereocenters. The molecule has 1 aliphatic heterocycles. The van der Waals surface area contributed by atoms with Gasteiger partial charge in [-0.25, -0.2) is 4.79 Å². The van der Waals surface area contributed by atoms with Crippen molar-refractivity contribution in [2.45, 2.75) is 31.4 Å². The van der Waals surface area contributed by atoms with Gasteiger partial charge in [-0.3, -0.25) is 9.79 Å². The Balaban J connectivity index is 2.71. The molecular formula is C12H21N5O5S. The van der Waals surface area contributed by atoms with Crippen LogP contribution in [0.3, 0.4) is 0 Å². The average molecular weight is 347 g/mol. The summed E-state index contributed by atoms with van der Waals surface area (Å²) in [5.74, 6) is -2.06. The molecule has 1 saturated heterocycles. The highest BCUT2D eigenvalue weighted by molar-refractivity contribution is 7.97. The molecule has 1 rings (SSSR count). The van der Waals surface area contributed by atoms with Crippen LogP contribution in [0.25, 0.3) is 0 Å². The monoisotopic (exact) mass is 347 g/mol. The van der Waals surface area contributed by atoms with Gasteiger partial charge in [-0.1, -0.05) is 0 Å². The Morgan fingerprint density at radius 3 is 2.65 bits per heavy atom. The summed E-state index contributed by atoms with van der Waals surface area (Å²) in [6.45, 7) is 0.301. The minimum atomic E-state index is -1.16. The molecule has 1 aliphatic rings. The van der Waals surface area contributed by atoms with E-state index in [0.29, 0.717) is 31.3 Å². The largest absolute Gasteiger partial charge is 0.480 e. The maximum Gasteiger partial charge on any atom is 0.326 e. The number of hydrogen-bond acceptors (Lipinski definition) is 7. The Hall–Kier alpha value is -1.88. The minimum absolute atomic E-state index is 0.000860. The molecule has 0 aliphatic carbocycles. The molecule has 1 amide bonds. The van der Waals surface area contributed by atoms with Crippen molar-refractivity contribution in [3.63, 3.8) is 0 Å². The van der Waals surface area contributed by atoms with Crippen molar-refractivity contribution in [3.05, 3.63) is 4.91 Å². The van der Waals surface area contributed by atoms with E-state index in [9.17, 15) is 19.6 Å². The third kappa shape index (κ3) is 6.02. The van der Waals surface area contributed by atoms with Gasteiger partial charge in [-0.2, -0.15) is 0 Å². The van der Waals surface area contributed by atoms with Crippen LogP contribution in [-0.2, 0) is 9.59 Å². The lowest BCUT2D eigenvalue weighted by molar-refractivity contribution is -0.149. The summed E-state index contributed by atoms with van der Waals surface area (Å²) < 4.78 is 2.67. The van der Waals surface area contributed by atoms with Crippen LogP contribution in [-0.4, -0.2) is 63.9 Å². The minimum Gasteiger partial charge on any atom is -0.480 e. The lowest BCUT2D eigenvalue weighted by Crippen LogP contribution is -2.44. The second-order valence-electron chi connectivity index (χ2n) is 5.25. The standard InChI is InChI=1S/C12H21N5O5S/c13-12(14)15-3-1-2-7(6-23-16-22)10(19)17-5-8(18)4-9(17)11(20)21/h7-9,18H,1-6H2,(H,20,21)(H4,13,14,15)/t7-,8?,9+/m1/s1. The third-order valence-corrected chi connectivity index (χ3v) is 4.19. The van der Waals surface area contributed by atoms with E-state index in [2.05, 4.69) is 9.57 Å². The van der Waals surface area contributed by atoms with Crippen LogP contribution in [0.4, 0.5) is 0 Å². The Labute approximate surface area is 137 Å². The van der Waals surface area contributed by atoms with Crippen LogP contribution in [0.15, 0.2) is 9.57 Å². The number of carbonyl (C=O) groups is 2. The normalized spacial score (nSPS) is 21.7. The predicted octanol–water partition coefficient (Wildman–Crippen LogP) is -0.883. The van der Waals surface area contributed by atoms with Crippen molar-refractivity contribution in [1.82, 2.24) is 4.90 Å². The Bertz CT molecular complexity index is 471. The van der Waals surface area contributed by atoms with Gasteiger partial charge in [-0.05, 0) is 12.8 Å². The zero-order valence-corrected chi connectivity index (χ0v) is 13.3. The van der Waals surface area contributed by atoms with Crippen LogP contribution < -0.4 is 11.5 Å². The Kier molecular flexibility index (Phi) is 7.75. The molecule has 0 radical (unpaired) electrons. The van der Waals surface area contributed by atoms with Gasteiger partial charge in [-0.15, -0.1) is 4.91 Å². The molecule has 0 spiro atoms. The highest BCUT2D eigenvalue weighted by Gasteiger charge is 2.40. The van der Waals surface area contributed by atoms with E-state index in [0.717, 1.165) is 4.90 Å². The number of nitrogens with two attached hydrogens (primary N) is 2. The molecule has 1 heterocycles. The molecular weight excluding hydrogens is 326 g/mol. The van der Waals surface area contributed by atoms with Crippen molar-refractivity contribution in [1.29, 1.82) is 0 Å². The van der Waals surface area contributed by atoms with Gasteiger partial charge in [0.2, 0.25) is 5.91 Å². The van der Waals surface area contributed by atoms with Crippen molar-refractivity contribution in [2.24, 2.45) is 27.0 Å². The summed E-state index contributed by atoms with van der Waals surface area (Å²) in [4.78, 5) is 39.0. The highest BCUT2D eigenvalue weighted by atomic mass is 32.2. The van der Waals surface area contributed by atoms with Gasteiger partial charge in [0, 0.05) is 47.7 Å². The summed E-state index contributed by atoms with van der Waals surface area (Å²) in [6.07, 6.45) is 0.0268. The van der Waals surface area contributed by atoms with E-state index in [1.807, 2.05) is 0 Å². The molecule has 0 aromatic rings. The first-order valence-corrected chi connectivity index (χ1v) is 8.02. The number of aliphatic carboxylic acids is 1. The molecule has 3 atom stereocenters. The number of aliphatic hydroxyl groups is 1. The predicted molar refractivity (Wildman–Crippen MR) is 85.4 cm³/mol. The maximum absolute atomic E-state index is 12.5. The van der Waals surface area contributed by atoms with Gasteiger partial charge in [0.1, 0.15) is 6.04 Å². The van der Waals surface area contributed by atoms with Crippen LogP contribution >= 0.6 is 11.9 Å². The highest BCUT2D eigenvalue weighted by Crippen LogP contribution is 2.24. The number of aliphatic imine (C=N–C) groups is 1. The number of likely N-dealkylation sites (tertiary alicyclic amines) is 1. The average Bonchev–Trinajstić information content (AvgIpc) is 2.88. The summed E-state index contributed by atoms with van der Waals surface area (Å²) in [7, 11) is 0. The quantitative estimate of drug-likeness (QED) is 0.137. The fraction of sp³-hybridized carbons (Fsp3) is 0.750. The van der Waals surface area contributed by atoms with Crippen LogP contribution in [0.2, 0.25) is 0 Å². The summed E-state index contributed by atoms with van der Waals surface area (Å²) in [5.41, 5.74) is 10.4. The Morgan fingerprint density at radius 1 is 1.39 bits per heavy atom. The van der Waals surface area contributed by atoms with E-state index >= 15 is 0 Å². The smallest absolute Gasteiger partial charge is 0.326 e. The third-order valence-electron chi connectivity index (χ3n) is 3.53. The molecule has 1 fully saturated rings. The number of carbonyl (C=O) groups excluding carboxylic acids is 1. The lowest BCUT2D eigenvalue weighted by atomic mass is 10.0. The van der Waals surface area contributed by atoms with Gasteiger partial charge < -0.3 is 26.6 Å². The van der Waals surface area contributed by atoms with E-state index in [-0.39, 0.29) is 24.7 Å². The first-order valence-electron chi connectivity index (χ1n) is 7.08. The number of carboxylic acids is 1. The first kappa shape index (κ1) is 19.2. The number of carboxylic acid groups (broad SMARTS) is 1. The number of aliphatic hydroxyl groups excluding tert-OH is 1. The van der Waals surface area contributed by atoms with E-state index in [1.165, 1.54) is 0 Å². The molecule has 10 nitrogen and oxygen atoms in total. The molecule has 0 aromatic carbocycles. The molecule has 23 heavy (non-hydrogen) atoms. The zero-order valence-electron chi connectivity index (χ0n) is 12.5. The number of hydrogen-bond donors (Lipinski definition) is 4. The number of β-amino-alcohol motifs (C(OH)–C–C–N with tert-alkyl or cyclic N) is 1. The molecule has 0 bridgehead atoms. The summed E-state index contributed by atoms with van der Waals surface area (Å²) >= 11 is 0.705. The van der Waals surface area contributed by atoms with Crippen molar-refractivity contribution in [3.8, 4) is 0 Å². The second-order valence-corrected chi connectivity index (χ2v) is 5.99. The summed E-state index contributed by atoms with van der Waals surface area (Å²) in [5, 5.41) is 18.8. The van der Waals surface area contributed by atoms with Gasteiger partial charge in [0.15, 0.2) is 5.96 Å². The molecule has 6 N–H and O–H groups in total. The van der Waals surface area contributed by atoms with Crippen LogP contribution in [0.1, 0.15) is 19.3 Å². The molecule has 0 aromatic heterocycles. The van der Waals surface area contributed by atoms with E-state index < -0.39 is 29.9 Å². The molecule has 11 heteroatoms. The fourth-order valence-electron chi connectivity index (χ4n) is 2.47. The fourth-order valence-corrected chi connectivity index (χ4v) is 3.02. The number of amides is 1. The summed E-state index contributed by atoms with van der Waals surface area (Å²) in [6, 6.07) is -1.05. The van der Waals surface area contributed by atoms with E-state index in [1.54, 1.807) is 0 Å².